The van der Waals surface area contributed by atoms with Gasteiger partial charge in [0.05, 0.1) is 18.8 Å². The van der Waals surface area contributed by atoms with Crippen LogP contribution >= 0.6 is 0 Å². The van der Waals surface area contributed by atoms with Crippen molar-refractivity contribution in [3.8, 4) is 0 Å². The first-order valence-electron chi connectivity index (χ1n) is 7.96. The fourth-order valence-electron chi connectivity index (χ4n) is 2.95. The molecule has 27 heavy (non-hydrogen) atoms. The zero-order valence-corrected chi connectivity index (χ0v) is 14.0. The Kier molecular flexibility index (Phi) is 10.4. The molecule has 2 rings (SSSR count). The van der Waals surface area contributed by atoms with E-state index in [1.165, 1.54) is 0 Å². The lowest BCUT2D eigenvalue weighted by molar-refractivity contribution is -0.611. The Hall–Kier alpha value is -0.560. The van der Waals surface area contributed by atoms with Gasteiger partial charge in [0.2, 0.25) is 0 Å². The van der Waals surface area contributed by atoms with Crippen LogP contribution < -0.4 is 0 Å². The van der Waals surface area contributed by atoms with E-state index in [1.807, 2.05) is 0 Å². The van der Waals surface area contributed by atoms with E-state index in [0.717, 1.165) is 0 Å². The summed E-state index contributed by atoms with van der Waals surface area (Å²) in [6.45, 7) is -1.07. The van der Waals surface area contributed by atoms with Gasteiger partial charge in [-0.1, -0.05) is 0 Å². The highest BCUT2D eigenvalue weighted by Crippen LogP contribution is 2.31. The van der Waals surface area contributed by atoms with Gasteiger partial charge < -0.3 is 50.3 Å². The minimum atomic E-state index is -1.64. The second-order valence-corrected chi connectivity index (χ2v) is 6.17. The fourth-order valence-corrected chi connectivity index (χ4v) is 2.95. The van der Waals surface area contributed by atoms with E-state index in [-0.39, 0.29) is 6.42 Å². The van der Waals surface area contributed by atoms with E-state index in [1.54, 1.807) is 0 Å². The van der Waals surface area contributed by atoms with Gasteiger partial charge in [-0.2, -0.15) is 0 Å². The molecule has 0 aromatic carbocycles. The molecule has 1 heterocycles. The van der Waals surface area contributed by atoms with Crippen molar-refractivity contribution in [3.63, 3.8) is 0 Å². The maximum atomic E-state index is 9.96. The second kappa shape index (κ2) is 11.4. The summed E-state index contributed by atoms with van der Waals surface area (Å²) < 4.78 is 10.5. The van der Waals surface area contributed by atoms with Gasteiger partial charge in [0.25, 0.3) is 0 Å². The molecule has 1 saturated heterocycles. The predicted molar refractivity (Wildman–Crippen MR) is 79.3 cm³/mol. The van der Waals surface area contributed by atoms with Crippen molar-refractivity contribution >= 4 is 0 Å². The van der Waals surface area contributed by atoms with E-state index in [0.29, 0.717) is 0 Å². The molecule has 1 aliphatic carbocycles. The van der Waals surface area contributed by atoms with Crippen LogP contribution in [0.5, 0.6) is 0 Å². The summed E-state index contributed by atoms with van der Waals surface area (Å²) in [6.07, 6.45) is -12.9. The number of aliphatic hydroxyl groups excluding tert-OH is 8. The lowest BCUT2D eigenvalue weighted by atomic mass is 9.81. The normalized spacial score (nSPS) is 45.1. The number of hydrogen-bond donors (Lipinski definition) is 10. The van der Waals surface area contributed by atoms with E-state index in [4.69, 9.17) is 25.1 Å². The monoisotopic (exact) mass is 406 g/mol. The van der Waals surface area contributed by atoms with Gasteiger partial charge in [-0.25, -0.2) is 10.5 Å². The molecule has 14 nitrogen and oxygen atoms in total. The van der Waals surface area contributed by atoms with Crippen molar-refractivity contribution in [2.24, 2.45) is 5.92 Å². The van der Waals surface area contributed by atoms with Crippen LogP contribution in [0.15, 0.2) is 0 Å². The zero-order chi connectivity index (χ0) is 20.7. The largest absolute Gasteiger partial charge is 0.396 e. The van der Waals surface area contributed by atoms with Gasteiger partial charge in [-0.15, -0.1) is 0 Å². The smallest absolute Gasteiger partial charge is 0.187 e. The lowest BCUT2D eigenvalue weighted by Gasteiger charge is -2.44. The fraction of sp³-hybridized carbons (Fsp3) is 1.00. The van der Waals surface area contributed by atoms with Crippen LogP contribution in [-0.4, -0.2) is 120 Å². The number of aliphatic hydroxyl groups is 8. The van der Waals surface area contributed by atoms with Gasteiger partial charge in [0.1, 0.15) is 36.6 Å². The summed E-state index contributed by atoms with van der Waals surface area (Å²) in [5, 5.41) is 96.1. The van der Waals surface area contributed by atoms with Crippen LogP contribution in [0, 0.1) is 5.92 Å². The van der Waals surface area contributed by atoms with Crippen molar-refractivity contribution in [2.45, 2.75) is 61.5 Å². The van der Waals surface area contributed by atoms with Gasteiger partial charge in [-0.05, 0) is 16.5 Å². The molecule has 10 atom stereocenters. The highest BCUT2D eigenvalue weighted by Gasteiger charge is 2.48. The number of rotatable bonds is 5. The van der Waals surface area contributed by atoms with Crippen molar-refractivity contribution in [1.29, 1.82) is 0 Å². The van der Waals surface area contributed by atoms with Crippen LogP contribution in [0.1, 0.15) is 6.42 Å². The maximum Gasteiger partial charge on any atom is 0.187 e. The van der Waals surface area contributed by atoms with Crippen LogP contribution in [0.2, 0.25) is 0 Å². The zero-order valence-electron chi connectivity index (χ0n) is 14.0. The summed E-state index contributed by atoms with van der Waals surface area (Å²) in [5.41, 5.74) is 0. The Morgan fingerprint density at radius 3 is 1.74 bits per heavy atom. The summed E-state index contributed by atoms with van der Waals surface area (Å²) >= 11 is 0. The Morgan fingerprint density at radius 1 is 0.704 bits per heavy atom. The third-order valence-corrected chi connectivity index (χ3v) is 4.52. The lowest BCUT2D eigenvalue weighted by Crippen LogP contribution is -2.62. The molecule has 0 bridgehead atoms. The molecule has 1 aliphatic heterocycles. The third kappa shape index (κ3) is 5.96. The van der Waals surface area contributed by atoms with E-state index in [9.17, 15) is 35.7 Å². The van der Waals surface area contributed by atoms with Crippen LogP contribution in [0.4, 0.5) is 0 Å². The first-order valence-corrected chi connectivity index (χ1v) is 7.96. The molecule has 162 valence electrons. The Labute approximate surface area is 152 Å². The molecular weight excluding hydrogens is 380 g/mol. The van der Waals surface area contributed by atoms with Gasteiger partial charge in [-0.3, -0.25) is 0 Å². The first-order chi connectivity index (χ1) is 12.7. The summed E-state index contributed by atoms with van der Waals surface area (Å²) in [5.74, 6) is -0.747. The number of hydrogen-bond acceptors (Lipinski definition) is 14. The molecule has 2 aliphatic rings. The minimum Gasteiger partial charge on any atom is -0.396 e. The standard InChI is InChI=1S/C13H24O10.H2O4/c14-2-4-1-5(8(17)10(19)7(4)16)22-13-12(21)11(20)9(18)6(3-15)23-13;1-3-4-2/h4-21H,1-3H2;1-2H/t4?,5-,6?,7+,8?,9+,10?,11-,12?,13-;/m0./s1. The molecule has 0 spiro atoms. The molecule has 0 radical (unpaired) electrons. The predicted octanol–water partition coefficient (Wildman–Crippen LogP) is -4.85. The molecule has 5 unspecified atom stereocenters. The molecule has 2 fully saturated rings. The van der Waals surface area contributed by atoms with Gasteiger partial charge in [0, 0.05) is 12.5 Å². The summed E-state index contributed by atoms with van der Waals surface area (Å²) in [4.78, 5) is 0. The van der Waals surface area contributed by atoms with Crippen LogP contribution in [-0.2, 0) is 19.6 Å². The quantitative estimate of drug-likeness (QED) is 0.152. The first kappa shape index (κ1) is 24.5. The van der Waals surface area contributed by atoms with Gasteiger partial charge >= 0.3 is 0 Å². The summed E-state index contributed by atoms with van der Waals surface area (Å²) in [7, 11) is 0. The van der Waals surface area contributed by atoms with Crippen molar-refractivity contribution in [2.75, 3.05) is 13.2 Å². The van der Waals surface area contributed by atoms with Crippen molar-refractivity contribution in [3.05, 3.63) is 0 Å². The molecule has 14 heteroatoms. The molecular formula is C13H26O14. The third-order valence-electron chi connectivity index (χ3n) is 4.52. The Bertz CT molecular complexity index is 372. The van der Waals surface area contributed by atoms with E-state index >= 15 is 0 Å². The highest BCUT2D eigenvalue weighted by atomic mass is 17.6. The highest BCUT2D eigenvalue weighted by molar-refractivity contribution is 4.95. The molecule has 10 N–H and O–H groups in total. The van der Waals surface area contributed by atoms with Crippen LogP contribution in [0.3, 0.4) is 0 Å². The Balaban J connectivity index is 0.000000828. The van der Waals surface area contributed by atoms with Crippen molar-refractivity contribution < 1.29 is 70.9 Å². The Morgan fingerprint density at radius 2 is 1.26 bits per heavy atom. The molecule has 0 aromatic rings. The van der Waals surface area contributed by atoms with Gasteiger partial charge in [0.15, 0.2) is 6.29 Å². The van der Waals surface area contributed by atoms with E-state index in [2.05, 4.69) is 10.1 Å². The minimum absolute atomic E-state index is 0.0229. The second-order valence-electron chi connectivity index (χ2n) is 6.17. The molecule has 0 aromatic heterocycles. The summed E-state index contributed by atoms with van der Waals surface area (Å²) in [6, 6.07) is 0. The van der Waals surface area contributed by atoms with E-state index < -0.39 is 74.3 Å². The topological polar surface area (TPSA) is 239 Å². The van der Waals surface area contributed by atoms with Crippen LogP contribution in [0.25, 0.3) is 0 Å². The van der Waals surface area contributed by atoms with Crippen molar-refractivity contribution in [1.82, 2.24) is 0 Å². The average molecular weight is 406 g/mol. The average Bonchev–Trinajstić information content (AvgIpc) is 2.68. The molecule has 0 amide bonds. The SMILES string of the molecule is OCC1C[C@H](O[C@H]2OC(CO)[C@@H](O)[C@H](O)C2O)C(O)C(O)[C@@H]1O.OOOO. The molecule has 1 saturated carbocycles. The number of ether oxygens (including phenoxy) is 2. The maximum absolute atomic E-state index is 9.96.